The lowest BCUT2D eigenvalue weighted by molar-refractivity contribution is 0.0575. The molecule has 0 aromatic heterocycles. The fourth-order valence-corrected chi connectivity index (χ4v) is 5.26. The molecule has 0 radical (unpaired) electrons. The van der Waals surface area contributed by atoms with Crippen LogP contribution in [0.4, 0.5) is 0 Å². The summed E-state index contributed by atoms with van der Waals surface area (Å²) in [4.78, 5) is 2.25. The maximum Gasteiger partial charge on any atom is 0.151 e. The Morgan fingerprint density at radius 1 is 1.27 bits per heavy atom. The van der Waals surface area contributed by atoms with E-state index in [0.717, 1.165) is 36.6 Å². The third-order valence-electron chi connectivity index (χ3n) is 4.52. The zero-order valence-corrected chi connectivity index (χ0v) is 14.2. The Balaban J connectivity index is 1.75. The van der Waals surface area contributed by atoms with Crippen molar-refractivity contribution >= 4 is 21.4 Å². The van der Waals surface area contributed by atoms with Crippen LogP contribution in [0.1, 0.15) is 24.8 Å². The number of halogens is 1. The van der Waals surface area contributed by atoms with Gasteiger partial charge in [-0.2, -0.15) is 0 Å². The van der Waals surface area contributed by atoms with Crippen LogP contribution in [0.5, 0.6) is 0 Å². The van der Waals surface area contributed by atoms with E-state index >= 15 is 0 Å². The summed E-state index contributed by atoms with van der Waals surface area (Å²) in [5, 5.41) is 0.737. The van der Waals surface area contributed by atoms with Crippen LogP contribution in [0, 0.1) is 0 Å². The highest BCUT2D eigenvalue weighted by Crippen LogP contribution is 2.25. The molecule has 2 fully saturated rings. The topological polar surface area (TPSA) is 46.6 Å². The Hall–Kier alpha value is -0.620. The van der Waals surface area contributed by atoms with Gasteiger partial charge in [0.15, 0.2) is 9.84 Å². The molecule has 0 saturated carbocycles. The highest BCUT2D eigenvalue weighted by atomic mass is 35.5. The fraction of sp³-hybridized carbons (Fsp3) is 0.625. The van der Waals surface area contributed by atoms with E-state index in [1.807, 2.05) is 24.3 Å². The van der Waals surface area contributed by atoms with Crippen molar-refractivity contribution in [3.8, 4) is 0 Å². The van der Waals surface area contributed by atoms with Crippen molar-refractivity contribution in [2.24, 2.45) is 0 Å². The summed E-state index contributed by atoms with van der Waals surface area (Å²) in [6.07, 6.45) is 3.07. The molecule has 3 rings (SSSR count). The first-order chi connectivity index (χ1) is 10.5. The summed E-state index contributed by atoms with van der Waals surface area (Å²) in [5.74, 6) is 0.548. The van der Waals surface area contributed by atoms with Gasteiger partial charge in [-0.15, -0.1) is 0 Å². The van der Waals surface area contributed by atoms with Crippen LogP contribution in [0.15, 0.2) is 24.3 Å². The van der Waals surface area contributed by atoms with Crippen molar-refractivity contribution in [3.05, 3.63) is 34.9 Å². The third-order valence-corrected chi connectivity index (χ3v) is 6.64. The van der Waals surface area contributed by atoms with E-state index in [0.29, 0.717) is 18.7 Å². The zero-order chi connectivity index (χ0) is 15.6. The average Bonchev–Trinajstić information content (AvgIpc) is 3.10. The van der Waals surface area contributed by atoms with Crippen molar-refractivity contribution in [1.82, 2.24) is 4.90 Å². The second-order valence-electron chi connectivity index (χ2n) is 6.21. The molecule has 0 bridgehead atoms. The standard InChI is InChI=1S/C16H22ClNO3S/c17-16-6-2-1-4-13(16)10-18(11-15-5-3-8-21-15)14-7-9-22(19,20)12-14/h1-2,4,6,14-15H,3,5,7-12H2/t14-,15-/m1/s1. The Kier molecular flexibility index (Phi) is 5.07. The van der Waals surface area contributed by atoms with Gasteiger partial charge in [0.1, 0.15) is 0 Å². The molecule has 6 heteroatoms. The minimum atomic E-state index is -2.89. The number of ether oxygens (including phenoxy) is 1. The van der Waals surface area contributed by atoms with E-state index in [4.69, 9.17) is 16.3 Å². The maximum absolute atomic E-state index is 11.8. The summed E-state index contributed by atoms with van der Waals surface area (Å²) < 4.78 is 29.4. The van der Waals surface area contributed by atoms with Crippen LogP contribution in [-0.4, -0.2) is 50.1 Å². The first-order valence-electron chi connectivity index (χ1n) is 7.83. The molecule has 0 spiro atoms. The molecular weight excluding hydrogens is 322 g/mol. The normalized spacial score (nSPS) is 27.5. The largest absolute Gasteiger partial charge is 0.377 e. The smallest absolute Gasteiger partial charge is 0.151 e. The molecule has 0 aliphatic carbocycles. The van der Waals surface area contributed by atoms with E-state index in [9.17, 15) is 8.42 Å². The van der Waals surface area contributed by atoms with Gasteiger partial charge >= 0.3 is 0 Å². The minimum Gasteiger partial charge on any atom is -0.377 e. The molecule has 22 heavy (non-hydrogen) atoms. The van der Waals surface area contributed by atoms with E-state index < -0.39 is 9.84 Å². The predicted octanol–water partition coefficient (Wildman–Crippen LogP) is 2.51. The Morgan fingerprint density at radius 2 is 2.09 bits per heavy atom. The van der Waals surface area contributed by atoms with Crippen LogP contribution >= 0.6 is 11.6 Å². The Bertz CT molecular complexity index is 614. The van der Waals surface area contributed by atoms with Gasteiger partial charge in [-0.05, 0) is 30.9 Å². The highest BCUT2D eigenvalue weighted by molar-refractivity contribution is 7.91. The molecule has 1 aromatic carbocycles. The lowest BCUT2D eigenvalue weighted by Crippen LogP contribution is -2.40. The van der Waals surface area contributed by atoms with Crippen LogP contribution < -0.4 is 0 Å². The number of hydrogen-bond donors (Lipinski definition) is 0. The molecule has 0 amide bonds. The molecule has 1 aromatic rings. The highest BCUT2D eigenvalue weighted by Gasteiger charge is 2.34. The summed E-state index contributed by atoms with van der Waals surface area (Å²) in [6, 6.07) is 7.85. The first kappa shape index (κ1) is 16.2. The van der Waals surface area contributed by atoms with Gasteiger partial charge < -0.3 is 4.74 Å². The van der Waals surface area contributed by atoms with Gasteiger partial charge in [0, 0.05) is 30.8 Å². The summed E-state index contributed by atoms with van der Waals surface area (Å²) in [7, 11) is -2.89. The van der Waals surface area contributed by atoms with Gasteiger partial charge in [0.25, 0.3) is 0 Å². The third kappa shape index (κ3) is 4.02. The van der Waals surface area contributed by atoms with Crippen molar-refractivity contribution in [2.75, 3.05) is 24.7 Å². The van der Waals surface area contributed by atoms with Crippen LogP contribution in [0.25, 0.3) is 0 Å². The van der Waals surface area contributed by atoms with Crippen molar-refractivity contribution in [1.29, 1.82) is 0 Å². The molecule has 0 unspecified atom stereocenters. The second kappa shape index (κ2) is 6.87. The number of hydrogen-bond acceptors (Lipinski definition) is 4. The number of nitrogens with zero attached hydrogens (tertiary/aromatic N) is 1. The van der Waals surface area contributed by atoms with Crippen LogP contribution in [-0.2, 0) is 21.1 Å². The number of sulfone groups is 1. The van der Waals surface area contributed by atoms with Gasteiger partial charge in [0.05, 0.1) is 17.6 Å². The van der Waals surface area contributed by atoms with Gasteiger partial charge in [0.2, 0.25) is 0 Å². The summed E-state index contributed by atoms with van der Waals surface area (Å²) in [5.41, 5.74) is 1.05. The lowest BCUT2D eigenvalue weighted by Gasteiger charge is -2.30. The SMILES string of the molecule is O=S1(=O)CC[C@@H](N(Cc2ccccc2Cl)C[C@H]2CCCO2)C1. The van der Waals surface area contributed by atoms with Gasteiger partial charge in [-0.1, -0.05) is 29.8 Å². The molecule has 2 saturated heterocycles. The Labute approximate surface area is 137 Å². The van der Waals surface area contributed by atoms with Crippen LogP contribution in [0.3, 0.4) is 0 Å². The quantitative estimate of drug-likeness (QED) is 0.824. The van der Waals surface area contributed by atoms with E-state index in [1.54, 1.807) is 0 Å². The molecule has 4 nitrogen and oxygen atoms in total. The summed E-state index contributed by atoms with van der Waals surface area (Å²) >= 11 is 6.27. The number of rotatable bonds is 5. The first-order valence-corrected chi connectivity index (χ1v) is 10.0. The molecule has 2 atom stereocenters. The van der Waals surface area contributed by atoms with Crippen molar-refractivity contribution in [2.45, 2.75) is 38.0 Å². The molecule has 0 N–H and O–H groups in total. The van der Waals surface area contributed by atoms with Crippen molar-refractivity contribution < 1.29 is 13.2 Å². The molecule has 122 valence electrons. The Morgan fingerprint density at radius 3 is 2.73 bits per heavy atom. The van der Waals surface area contributed by atoms with Gasteiger partial charge in [-0.25, -0.2) is 8.42 Å². The molecule has 2 aliphatic heterocycles. The van der Waals surface area contributed by atoms with Gasteiger partial charge in [-0.3, -0.25) is 4.90 Å². The predicted molar refractivity (Wildman–Crippen MR) is 87.9 cm³/mol. The van der Waals surface area contributed by atoms with Crippen molar-refractivity contribution in [3.63, 3.8) is 0 Å². The van der Waals surface area contributed by atoms with E-state index in [1.165, 1.54) is 0 Å². The maximum atomic E-state index is 11.8. The minimum absolute atomic E-state index is 0.0745. The molecule has 2 aliphatic rings. The summed E-state index contributed by atoms with van der Waals surface area (Å²) in [6.45, 7) is 2.28. The lowest BCUT2D eigenvalue weighted by atomic mass is 10.1. The number of benzene rings is 1. The fourth-order valence-electron chi connectivity index (χ4n) is 3.30. The average molecular weight is 344 g/mol. The zero-order valence-electron chi connectivity index (χ0n) is 12.6. The second-order valence-corrected chi connectivity index (χ2v) is 8.85. The molecule has 2 heterocycles. The molecular formula is C16H22ClNO3S. The van der Waals surface area contributed by atoms with Crippen LogP contribution in [0.2, 0.25) is 5.02 Å². The van der Waals surface area contributed by atoms with E-state index in [2.05, 4.69) is 4.90 Å². The van der Waals surface area contributed by atoms with E-state index in [-0.39, 0.29) is 17.9 Å². The monoisotopic (exact) mass is 343 g/mol.